The molecule has 3 aromatic rings. The maximum absolute atomic E-state index is 12.2. The predicted molar refractivity (Wildman–Crippen MR) is 105 cm³/mol. The molecule has 1 saturated heterocycles. The molecule has 28 heavy (non-hydrogen) atoms. The first-order valence-corrected chi connectivity index (χ1v) is 9.44. The van der Waals surface area contributed by atoms with Crippen molar-refractivity contribution in [3.05, 3.63) is 42.2 Å². The van der Waals surface area contributed by atoms with Crippen LogP contribution >= 0.6 is 0 Å². The average Bonchev–Trinajstić information content (AvgIpc) is 3.01. The summed E-state index contributed by atoms with van der Waals surface area (Å²) in [5, 5.41) is 15.1. The SMILES string of the molecule is CC(C)(O)CCOc1ccc2cc3occ([C@H]4CCC(=O)NC4=O)c3cc2c1. The second-order valence-corrected chi connectivity index (χ2v) is 7.96. The van der Waals surface area contributed by atoms with E-state index in [0.29, 0.717) is 31.5 Å². The lowest BCUT2D eigenvalue weighted by Gasteiger charge is -2.20. The molecule has 6 heteroatoms. The molecule has 4 rings (SSSR count). The maximum Gasteiger partial charge on any atom is 0.234 e. The van der Waals surface area contributed by atoms with Crippen molar-refractivity contribution in [3.63, 3.8) is 0 Å². The molecule has 1 aliphatic rings. The lowest BCUT2D eigenvalue weighted by Crippen LogP contribution is -2.39. The number of furan rings is 1. The number of hydrogen-bond donors (Lipinski definition) is 2. The summed E-state index contributed by atoms with van der Waals surface area (Å²) in [7, 11) is 0. The fraction of sp³-hybridized carbons (Fsp3) is 0.364. The molecule has 1 atom stereocenters. The van der Waals surface area contributed by atoms with Gasteiger partial charge in [-0.25, -0.2) is 0 Å². The number of carbonyl (C=O) groups is 2. The zero-order valence-electron chi connectivity index (χ0n) is 16.0. The Morgan fingerprint density at radius 1 is 1.21 bits per heavy atom. The number of hydrogen-bond acceptors (Lipinski definition) is 5. The lowest BCUT2D eigenvalue weighted by atomic mass is 9.90. The number of piperidine rings is 1. The van der Waals surface area contributed by atoms with Crippen LogP contribution in [-0.4, -0.2) is 29.1 Å². The van der Waals surface area contributed by atoms with Crippen LogP contribution in [0.15, 0.2) is 41.0 Å². The number of amides is 2. The Balaban J connectivity index is 1.65. The van der Waals surface area contributed by atoms with Gasteiger partial charge in [-0.15, -0.1) is 0 Å². The van der Waals surface area contributed by atoms with Gasteiger partial charge in [-0.3, -0.25) is 14.9 Å². The summed E-state index contributed by atoms with van der Waals surface area (Å²) < 4.78 is 11.5. The first-order valence-electron chi connectivity index (χ1n) is 9.44. The van der Waals surface area contributed by atoms with Gasteiger partial charge < -0.3 is 14.3 Å². The second kappa shape index (κ2) is 6.95. The van der Waals surface area contributed by atoms with Crippen molar-refractivity contribution in [2.45, 2.75) is 44.6 Å². The fourth-order valence-electron chi connectivity index (χ4n) is 3.54. The third-order valence-corrected chi connectivity index (χ3v) is 5.13. The number of benzene rings is 2. The van der Waals surface area contributed by atoms with Crippen LogP contribution in [0.3, 0.4) is 0 Å². The molecule has 2 N–H and O–H groups in total. The third kappa shape index (κ3) is 3.73. The molecule has 0 aliphatic carbocycles. The Labute approximate surface area is 162 Å². The summed E-state index contributed by atoms with van der Waals surface area (Å²) in [4.78, 5) is 23.7. The molecule has 6 nitrogen and oxygen atoms in total. The van der Waals surface area contributed by atoms with Crippen LogP contribution in [0.2, 0.25) is 0 Å². The summed E-state index contributed by atoms with van der Waals surface area (Å²) in [6, 6.07) is 9.74. The normalized spacial score (nSPS) is 17.9. The van der Waals surface area contributed by atoms with Crippen LogP contribution < -0.4 is 10.1 Å². The van der Waals surface area contributed by atoms with Crippen LogP contribution in [0.4, 0.5) is 0 Å². The van der Waals surface area contributed by atoms with Crippen molar-refractivity contribution in [1.29, 1.82) is 0 Å². The van der Waals surface area contributed by atoms with Gasteiger partial charge in [0.1, 0.15) is 11.3 Å². The Morgan fingerprint density at radius 2 is 2.04 bits per heavy atom. The standard InChI is InChI=1S/C22H23NO5/c1-22(2,26)7-8-27-15-4-3-13-11-19-17(10-14(13)9-15)18(12-28-19)16-5-6-20(24)23-21(16)25/h3-4,9-12,16,26H,5-8H2,1-2H3,(H,23,24,25)/t16-/m1/s1. The van der Waals surface area contributed by atoms with Crippen LogP contribution in [-0.2, 0) is 9.59 Å². The zero-order chi connectivity index (χ0) is 19.9. The van der Waals surface area contributed by atoms with Gasteiger partial charge in [-0.1, -0.05) is 6.07 Å². The van der Waals surface area contributed by atoms with E-state index in [1.54, 1.807) is 20.1 Å². The average molecular weight is 381 g/mol. The molecule has 1 aliphatic heterocycles. The number of fused-ring (bicyclic) bond motifs is 2. The largest absolute Gasteiger partial charge is 0.493 e. The monoisotopic (exact) mass is 381 g/mol. The van der Waals surface area contributed by atoms with Gasteiger partial charge in [-0.2, -0.15) is 0 Å². The maximum atomic E-state index is 12.2. The lowest BCUT2D eigenvalue weighted by molar-refractivity contribution is -0.134. The number of imide groups is 1. The summed E-state index contributed by atoms with van der Waals surface area (Å²) in [6.45, 7) is 3.93. The highest BCUT2D eigenvalue weighted by Gasteiger charge is 2.30. The summed E-state index contributed by atoms with van der Waals surface area (Å²) in [5.41, 5.74) is 0.745. The molecule has 0 radical (unpaired) electrons. The molecule has 0 bridgehead atoms. The van der Waals surface area contributed by atoms with E-state index in [1.807, 2.05) is 30.3 Å². The Kier molecular flexibility index (Phi) is 4.59. The minimum absolute atomic E-state index is 0.229. The molecule has 1 aromatic heterocycles. The molecule has 2 amide bonds. The molecular weight excluding hydrogens is 358 g/mol. The van der Waals surface area contributed by atoms with Gasteiger partial charge >= 0.3 is 0 Å². The minimum Gasteiger partial charge on any atom is -0.493 e. The van der Waals surface area contributed by atoms with E-state index >= 15 is 0 Å². The first-order chi connectivity index (χ1) is 13.3. The van der Waals surface area contributed by atoms with Crippen molar-refractivity contribution in [1.82, 2.24) is 5.32 Å². The zero-order valence-corrected chi connectivity index (χ0v) is 16.0. The van der Waals surface area contributed by atoms with Gasteiger partial charge in [0.15, 0.2) is 0 Å². The molecule has 2 aromatic carbocycles. The molecule has 2 heterocycles. The predicted octanol–water partition coefficient (Wildman–Crippen LogP) is 3.65. The smallest absolute Gasteiger partial charge is 0.234 e. The van der Waals surface area contributed by atoms with Crippen molar-refractivity contribution >= 4 is 33.6 Å². The van der Waals surface area contributed by atoms with Gasteiger partial charge in [0, 0.05) is 23.8 Å². The number of nitrogens with one attached hydrogen (secondary N) is 1. The second-order valence-electron chi connectivity index (χ2n) is 7.96. The Morgan fingerprint density at radius 3 is 2.79 bits per heavy atom. The number of rotatable bonds is 5. The van der Waals surface area contributed by atoms with E-state index in [9.17, 15) is 14.7 Å². The summed E-state index contributed by atoms with van der Waals surface area (Å²) >= 11 is 0. The quantitative estimate of drug-likeness (QED) is 0.659. The molecule has 1 fully saturated rings. The van der Waals surface area contributed by atoms with E-state index in [4.69, 9.17) is 9.15 Å². The molecule has 146 valence electrons. The molecule has 0 saturated carbocycles. The molecule has 0 spiro atoms. The number of aliphatic hydroxyl groups is 1. The highest BCUT2D eigenvalue weighted by molar-refractivity contribution is 6.04. The molecular formula is C22H23NO5. The number of ether oxygens (including phenoxy) is 1. The van der Waals surface area contributed by atoms with E-state index < -0.39 is 5.60 Å². The van der Waals surface area contributed by atoms with Crippen molar-refractivity contribution in [2.24, 2.45) is 0 Å². The van der Waals surface area contributed by atoms with Gasteiger partial charge in [0.25, 0.3) is 0 Å². The van der Waals surface area contributed by atoms with Crippen molar-refractivity contribution in [3.8, 4) is 5.75 Å². The van der Waals surface area contributed by atoms with Crippen LogP contribution in [0, 0.1) is 0 Å². The van der Waals surface area contributed by atoms with Gasteiger partial charge in [-0.05, 0) is 55.3 Å². The van der Waals surface area contributed by atoms with E-state index in [-0.39, 0.29) is 17.7 Å². The van der Waals surface area contributed by atoms with E-state index in [2.05, 4.69) is 5.32 Å². The van der Waals surface area contributed by atoms with Gasteiger partial charge in [0.2, 0.25) is 11.8 Å². The summed E-state index contributed by atoms with van der Waals surface area (Å²) in [6.07, 6.45) is 2.96. The van der Waals surface area contributed by atoms with Crippen LogP contribution in [0.25, 0.3) is 21.7 Å². The fourth-order valence-corrected chi connectivity index (χ4v) is 3.54. The van der Waals surface area contributed by atoms with Crippen LogP contribution in [0.5, 0.6) is 5.75 Å². The summed E-state index contributed by atoms with van der Waals surface area (Å²) in [5.74, 6) is -0.167. The third-order valence-electron chi connectivity index (χ3n) is 5.13. The molecule has 0 unspecified atom stereocenters. The van der Waals surface area contributed by atoms with E-state index in [0.717, 1.165) is 27.5 Å². The highest BCUT2D eigenvalue weighted by atomic mass is 16.5. The van der Waals surface area contributed by atoms with Crippen molar-refractivity contribution in [2.75, 3.05) is 6.61 Å². The minimum atomic E-state index is -0.767. The highest BCUT2D eigenvalue weighted by Crippen LogP contribution is 2.35. The van der Waals surface area contributed by atoms with Crippen molar-refractivity contribution < 1.29 is 23.8 Å². The van der Waals surface area contributed by atoms with Crippen LogP contribution in [0.1, 0.15) is 44.6 Å². The Bertz CT molecular complexity index is 1060. The first kappa shape index (κ1) is 18.5. The number of carbonyl (C=O) groups excluding carboxylic acids is 2. The van der Waals surface area contributed by atoms with Gasteiger partial charge in [0.05, 0.1) is 24.4 Å². The Hall–Kier alpha value is -2.86. The van der Waals surface area contributed by atoms with E-state index in [1.165, 1.54) is 0 Å². The topological polar surface area (TPSA) is 88.8 Å².